The Labute approximate surface area is 198 Å². The van der Waals surface area contributed by atoms with Crippen LogP contribution in [0.15, 0.2) is 60.7 Å². The molecule has 1 fully saturated rings. The fraction of sp³-hybridized carbons (Fsp3) is 0.500. The highest BCUT2D eigenvalue weighted by Crippen LogP contribution is 2.47. The topological polar surface area (TPSA) is 26.3 Å². The maximum atomic E-state index is 11.3. The molecule has 0 unspecified atom stereocenters. The smallest absolute Gasteiger partial charge is 0.261 e. The lowest BCUT2D eigenvalue weighted by Gasteiger charge is -2.43. The van der Waals surface area contributed by atoms with Crippen molar-refractivity contribution in [2.75, 3.05) is 18.1 Å². The van der Waals surface area contributed by atoms with Gasteiger partial charge in [-0.3, -0.25) is 0 Å². The van der Waals surface area contributed by atoms with E-state index in [0.29, 0.717) is 6.42 Å². The molecule has 0 N–H and O–H groups in total. The summed E-state index contributed by atoms with van der Waals surface area (Å²) in [6.07, 6.45) is 6.26. The number of rotatable bonds is 10. The van der Waals surface area contributed by atoms with Gasteiger partial charge in [-0.15, -0.1) is 23.5 Å². The summed E-state index contributed by atoms with van der Waals surface area (Å²) in [5.41, 5.74) is 0. The quantitative estimate of drug-likeness (QED) is 0.245. The van der Waals surface area contributed by atoms with Gasteiger partial charge in [-0.2, -0.15) is 0 Å². The van der Waals surface area contributed by atoms with E-state index in [1.54, 1.807) is 0 Å². The minimum Gasteiger partial charge on any atom is -0.407 e. The van der Waals surface area contributed by atoms with E-state index < -0.39 is 8.32 Å². The number of unbranched alkanes of at least 4 members (excludes halogenated alkanes) is 1. The van der Waals surface area contributed by atoms with Crippen molar-refractivity contribution in [3.05, 3.63) is 60.7 Å². The van der Waals surface area contributed by atoms with Crippen LogP contribution in [0.3, 0.4) is 0 Å². The summed E-state index contributed by atoms with van der Waals surface area (Å²) in [5, 5.41) is 2.69. The van der Waals surface area contributed by atoms with Gasteiger partial charge in [0.25, 0.3) is 8.32 Å². The van der Waals surface area contributed by atoms with Gasteiger partial charge in [-0.05, 0) is 52.6 Å². The van der Waals surface area contributed by atoms with Crippen LogP contribution in [-0.4, -0.2) is 36.8 Å². The Kier molecular flexibility index (Phi) is 8.91. The van der Waals surface area contributed by atoms with Crippen LogP contribution in [0.2, 0.25) is 5.04 Å². The Morgan fingerprint density at radius 3 is 1.97 bits per heavy atom. The highest BCUT2D eigenvalue weighted by molar-refractivity contribution is 8.18. The number of thioether (sulfide) groups is 2. The number of carbonyl (C=O) groups is 1. The molecule has 0 aliphatic carbocycles. The van der Waals surface area contributed by atoms with Crippen molar-refractivity contribution in [1.82, 2.24) is 0 Å². The molecule has 0 radical (unpaired) electrons. The number of aldehydes is 1. The second-order valence-corrected chi connectivity index (χ2v) is 16.8. The highest BCUT2D eigenvalue weighted by atomic mass is 32.2. The molecule has 0 atom stereocenters. The molecule has 0 amide bonds. The predicted molar refractivity (Wildman–Crippen MR) is 140 cm³/mol. The Balaban J connectivity index is 1.75. The molecule has 1 aliphatic heterocycles. The van der Waals surface area contributed by atoms with Gasteiger partial charge < -0.3 is 9.22 Å². The van der Waals surface area contributed by atoms with Crippen LogP contribution in [0.4, 0.5) is 0 Å². The van der Waals surface area contributed by atoms with E-state index in [2.05, 4.69) is 81.4 Å². The summed E-state index contributed by atoms with van der Waals surface area (Å²) in [4.78, 5) is 11.3. The molecule has 0 aromatic heterocycles. The first kappa shape index (κ1) is 24.6. The van der Waals surface area contributed by atoms with Crippen molar-refractivity contribution in [3.8, 4) is 0 Å². The normalized spacial score (nSPS) is 16.7. The lowest BCUT2D eigenvalue weighted by atomic mass is 10.1. The maximum absolute atomic E-state index is 11.3. The highest BCUT2D eigenvalue weighted by Gasteiger charge is 2.50. The summed E-state index contributed by atoms with van der Waals surface area (Å²) in [7, 11) is -2.44. The molecule has 31 heavy (non-hydrogen) atoms. The average molecular weight is 473 g/mol. The molecule has 1 saturated heterocycles. The molecule has 2 aromatic rings. The molecule has 168 valence electrons. The zero-order valence-corrected chi connectivity index (χ0v) is 21.8. The molecule has 2 nitrogen and oxygen atoms in total. The van der Waals surface area contributed by atoms with Crippen LogP contribution < -0.4 is 10.4 Å². The molecular weight excluding hydrogens is 437 g/mol. The van der Waals surface area contributed by atoms with Crippen LogP contribution in [0.1, 0.15) is 52.9 Å². The van der Waals surface area contributed by atoms with Crippen molar-refractivity contribution in [2.45, 2.75) is 62.0 Å². The first-order chi connectivity index (χ1) is 14.9. The van der Waals surface area contributed by atoms with Crippen LogP contribution in [0, 0.1) is 0 Å². The monoisotopic (exact) mass is 472 g/mol. The van der Waals surface area contributed by atoms with Gasteiger partial charge >= 0.3 is 0 Å². The average Bonchev–Trinajstić information content (AvgIpc) is 2.77. The third kappa shape index (κ3) is 5.87. The Morgan fingerprint density at radius 2 is 1.48 bits per heavy atom. The van der Waals surface area contributed by atoms with Gasteiger partial charge in [0.1, 0.15) is 6.29 Å². The summed E-state index contributed by atoms with van der Waals surface area (Å²) >= 11 is 3.99. The van der Waals surface area contributed by atoms with Crippen molar-refractivity contribution < 1.29 is 9.22 Å². The molecule has 2 aromatic carbocycles. The minimum atomic E-state index is -2.44. The second-order valence-electron chi connectivity index (χ2n) is 9.30. The van der Waals surface area contributed by atoms with Crippen LogP contribution in [0.25, 0.3) is 0 Å². The van der Waals surface area contributed by atoms with Gasteiger partial charge in [-0.1, -0.05) is 81.4 Å². The molecular formula is C26H36O2S2Si. The Bertz CT molecular complexity index is 760. The molecule has 0 saturated carbocycles. The largest absolute Gasteiger partial charge is 0.407 e. The summed E-state index contributed by atoms with van der Waals surface area (Å²) in [6.45, 7) is 7.74. The van der Waals surface area contributed by atoms with E-state index in [1.165, 1.54) is 28.3 Å². The predicted octanol–water partition coefficient (Wildman–Crippen LogP) is 5.89. The zero-order chi connectivity index (χ0) is 22.2. The SMILES string of the molecule is CC(C)(C)[Si](OCCCCC1(CC=O)SCCCS1)(c1ccccc1)c1ccccc1. The van der Waals surface area contributed by atoms with Gasteiger partial charge in [-0.25, -0.2) is 0 Å². The summed E-state index contributed by atoms with van der Waals surface area (Å²) in [6, 6.07) is 21.7. The van der Waals surface area contributed by atoms with Gasteiger partial charge in [0.2, 0.25) is 0 Å². The second kappa shape index (κ2) is 11.2. The molecule has 0 spiro atoms. The van der Waals surface area contributed by atoms with E-state index in [-0.39, 0.29) is 9.12 Å². The number of benzene rings is 2. The first-order valence-electron chi connectivity index (χ1n) is 11.4. The fourth-order valence-electron chi connectivity index (χ4n) is 4.59. The van der Waals surface area contributed by atoms with Gasteiger partial charge in [0.05, 0.1) is 4.08 Å². The Hall–Kier alpha value is -1.01. The zero-order valence-electron chi connectivity index (χ0n) is 19.1. The van der Waals surface area contributed by atoms with E-state index >= 15 is 0 Å². The molecule has 1 heterocycles. The van der Waals surface area contributed by atoms with Gasteiger partial charge in [0.15, 0.2) is 0 Å². The standard InChI is InChI=1S/C26H36O2S2Si/c1-25(2,3)31(23-13-6-4-7-14-23,24-15-8-5-9-16-24)28-20-11-10-17-26(18-19-27)29-21-12-22-30-26/h4-9,13-16,19H,10-12,17-18,20-22H2,1-3H3. The third-order valence-electron chi connectivity index (χ3n) is 6.10. The van der Waals surface area contributed by atoms with Crippen molar-refractivity contribution in [1.29, 1.82) is 0 Å². The number of hydrogen-bond donors (Lipinski definition) is 0. The summed E-state index contributed by atoms with van der Waals surface area (Å²) < 4.78 is 7.10. The molecule has 5 heteroatoms. The number of hydrogen-bond acceptors (Lipinski definition) is 4. The number of carbonyl (C=O) groups excluding carboxylic acids is 1. The van der Waals surface area contributed by atoms with Crippen molar-refractivity contribution >= 4 is 48.5 Å². The van der Waals surface area contributed by atoms with E-state index in [4.69, 9.17) is 4.43 Å². The lowest BCUT2D eigenvalue weighted by molar-refractivity contribution is -0.108. The maximum Gasteiger partial charge on any atom is 0.261 e. The first-order valence-corrected chi connectivity index (χ1v) is 15.3. The minimum absolute atomic E-state index is 0.0174. The third-order valence-corrected chi connectivity index (χ3v) is 14.6. The van der Waals surface area contributed by atoms with E-state index in [0.717, 1.165) is 32.2 Å². The van der Waals surface area contributed by atoms with Crippen LogP contribution >= 0.6 is 23.5 Å². The lowest BCUT2D eigenvalue weighted by Crippen LogP contribution is -2.66. The van der Waals surface area contributed by atoms with E-state index in [1.807, 2.05) is 23.5 Å². The van der Waals surface area contributed by atoms with Crippen LogP contribution in [0.5, 0.6) is 0 Å². The summed E-state index contributed by atoms with van der Waals surface area (Å²) in [5.74, 6) is 2.36. The molecule has 0 bridgehead atoms. The molecule has 3 rings (SSSR count). The van der Waals surface area contributed by atoms with Crippen molar-refractivity contribution in [3.63, 3.8) is 0 Å². The van der Waals surface area contributed by atoms with E-state index in [9.17, 15) is 4.79 Å². The fourth-order valence-corrected chi connectivity index (χ4v) is 12.5. The Morgan fingerprint density at radius 1 is 0.935 bits per heavy atom. The molecule has 1 aliphatic rings. The van der Waals surface area contributed by atoms with Gasteiger partial charge in [0, 0.05) is 13.0 Å². The van der Waals surface area contributed by atoms with Crippen LogP contribution in [-0.2, 0) is 9.22 Å². The van der Waals surface area contributed by atoms with Crippen molar-refractivity contribution in [2.24, 2.45) is 0 Å².